The first kappa shape index (κ1) is 20.2. The predicted molar refractivity (Wildman–Crippen MR) is 108 cm³/mol. The number of benzene rings is 1. The predicted octanol–water partition coefficient (Wildman–Crippen LogP) is 2.52. The zero-order chi connectivity index (χ0) is 20.3. The molecule has 0 saturated heterocycles. The second kappa shape index (κ2) is 8.65. The minimum Gasteiger partial charge on any atom is -0.493 e. The van der Waals surface area contributed by atoms with E-state index in [0.717, 1.165) is 48.7 Å². The van der Waals surface area contributed by atoms with E-state index in [9.17, 15) is 4.79 Å². The van der Waals surface area contributed by atoms with Crippen molar-refractivity contribution in [2.24, 2.45) is 0 Å². The second-order valence-corrected chi connectivity index (χ2v) is 7.34. The molecule has 0 spiro atoms. The molecule has 1 N–H and O–H groups in total. The molecule has 2 aromatic rings. The number of rotatable bonds is 6. The number of hydrogen-bond donors (Lipinski definition) is 1. The van der Waals surface area contributed by atoms with Crippen molar-refractivity contribution in [1.29, 1.82) is 0 Å². The number of ether oxygens (including phenoxy) is 3. The summed E-state index contributed by atoms with van der Waals surface area (Å²) in [5.41, 5.74) is 2.82. The van der Waals surface area contributed by atoms with Crippen LogP contribution in [0.15, 0.2) is 16.9 Å². The second-order valence-electron chi connectivity index (χ2n) is 7.34. The lowest BCUT2D eigenvalue weighted by molar-refractivity contribution is 0.276. The molecule has 152 valence electrons. The summed E-state index contributed by atoms with van der Waals surface area (Å²) in [5.74, 6) is 2.86. The van der Waals surface area contributed by atoms with Gasteiger partial charge in [-0.2, -0.15) is 0 Å². The van der Waals surface area contributed by atoms with Crippen molar-refractivity contribution >= 4 is 0 Å². The summed E-state index contributed by atoms with van der Waals surface area (Å²) in [6, 6.07) is 3.95. The van der Waals surface area contributed by atoms with Gasteiger partial charge in [0, 0.05) is 37.5 Å². The van der Waals surface area contributed by atoms with Crippen LogP contribution in [0.1, 0.15) is 42.4 Å². The van der Waals surface area contributed by atoms with Crippen molar-refractivity contribution in [3.05, 3.63) is 45.1 Å². The zero-order valence-corrected chi connectivity index (χ0v) is 17.3. The van der Waals surface area contributed by atoms with Crippen molar-refractivity contribution in [3.63, 3.8) is 0 Å². The molecular weight excluding hydrogens is 358 g/mol. The van der Waals surface area contributed by atoms with E-state index in [1.54, 1.807) is 21.3 Å². The molecule has 7 heteroatoms. The Labute approximate surface area is 165 Å². The third-order valence-corrected chi connectivity index (χ3v) is 5.14. The van der Waals surface area contributed by atoms with Crippen molar-refractivity contribution in [2.75, 3.05) is 34.4 Å². The lowest BCUT2D eigenvalue weighted by Gasteiger charge is -2.21. The number of H-pyrrole nitrogens is 1. The normalized spacial score (nSPS) is 14.5. The first-order valence-electron chi connectivity index (χ1n) is 9.60. The Bertz CT molecular complexity index is 867. The molecule has 28 heavy (non-hydrogen) atoms. The van der Waals surface area contributed by atoms with E-state index < -0.39 is 0 Å². The molecule has 1 aromatic heterocycles. The van der Waals surface area contributed by atoms with Gasteiger partial charge in [0.2, 0.25) is 5.75 Å². The van der Waals surface area contributed by atoms with Gasteiger partial charge in [0.1, 0.15) is 5.82 Å². The van der Waals surface area contributed by atoms with E-state index in [4.69, 9.17) is 19.2 Å². The summed E-state index contributed by atoms with van der Waals surface area (Å²) in [6.07, 6.45) is 1.46. The molecule has 0 saturated carbocycles. The molecule has 0 unspecified atom stereocenters. The van der Waals surface area contributed by atoms with Crippen LogP contribution in [0.4, 0.5) is 0 Å². The number of fused-ring (bicyclic) bond motifs is 1. The van der Waals surface area contributed by atoms with Gasteiger partial charge in [0.05, 0.1) is 27.0 Å². The number of nitrogens with zero attached hydrogens (tertiary/aromatic N) is 2. The van der Waals surface area contributed by atoms with Gasteiger partial charge in [-0.05, 0) is 24.1 Å². The fraction of sp³-hybridized carbons (Fsp3) is 0.524. The molecule has 0 bridgehead atoms. The molecule has 1 aromatic carbocycles. The van der Waals surface area contributed by atoms with E-state index in [-0.39, 0.29) is 11.5 Å². The van der Waals surface area contributed by atoms with Gasteiger partial charge < -0.3 is 19.2 Å². The number of methoxy groups -OCH3 is 3. The van der Waals surface area contributed by atoms with Crippen LogP contribution in [0.3, 0.4) is 0 Å². The van der Waals surface area contributed by atoms with Crippen molar-refractivity contribution in [3.8, 4) is 17.2 Å². The maximum atomic E-state index is 12.5. The summed E-state index contributed by atoms with van der Waals surface area (Å²) in [7, 11) is 4.84. The van der Waals surface area contributed by atoms with Crippen molar-refractivity contribution in [1.82, 2.24) is 14.9 Å². The molecule has 2 heterocycles. The summed E-state index contributed by atoms with van der Waals surface area (Å²) in [4.78, 5) is 22.5. The third kappa shape index (κ3) is 4.14. The van der Waals surface area contributed by atoms with Crippen LogP contribution < -0.4 is 19.8 Å². The standard InChI is InChI=1S/C21H29N3O4/c1-13(2)20-22-16-7-9-24(8-6-15(16)21(25)23-20)12-14-10-17(26-3)19(28-5)18(11-14)27-4/h10-11,13H,6-9,12H2,1-5H3,(H,22,23,25). The Morgan fingerprint density at radius 1 is 1.07 bits per heavy atom. The number of nitrogens with one attached hydrogen (secondary N) is 1. The highest BCUT2D eigenvalue weighted by Crippen LogP contribution is 2.38. The lowest BCUT2D eigenvalue weighted by atomic mass is 10.1. The molecule has 0 aliphatic carbocycles. The monoisotopic (exact) mass is 387 g/mol. The summed E-state index contributed by atoms with van der Waals surface area (Å²) >= 11 is 0. The molecule has 0 atom stereocenters. The Morgan fingerprint density at radius 3 is 2.29 bits per heavy atom. The quantitative estimate of drug-likeness (QED) is 0.821. The molecule has 1 aliphatic heterocycles. The Morgan fingerprint density at radius 2 is 1.71 bits per heavy atom. The molecule has 0 fully saturated rings. The van der Waals surface area contributed by atoms with Crippen LogP contribution in [-0.2, 0) is 19.4 Å². The van der Waals surface area contributed by atoms with Gasteiger partial charge in [0.25, 0.3) is 5.56 Å². The highest BCUT2D eigenvalue weighted by Gasteiger charge is 2.21. The number of hydrogen-bond acceptors (Lipinski definition) is 6. The van der Waals surface area contributed by atoms with E-state index in [0.29, 0.717) is 23.7 Å². The van der Waals surface area contributed by atoms with Gasteiger partial charge in [-0.25, -0.2) is 4.98 Å². The van der Waals surface area contributed by atoms with E-state index in [2.05, 4.69) is 9.88 Å². The summed E-state index contributed by atoms with van der Waals surface area (Å²) in [6.45, 7) is 6.46. The number of aromatic nitrogens is 2. The fourth-order valence-corrected chi connectivity index (χ4v) is 3.59. The number of aromatic amines is 1. The van der Waals surface area contributed by atoms with Gasteiger partial charge in [-0.3, -0.25) is 9.69 Å². The Hall–Kier alpha value is -2.54. The summed E-state index contributed by atoms with van der Waals surface area (Å²) < 4.78 is 16.3. The smallest absolute Gasteiger partial charge is 0.254 e. The van der Waals surface area contributed by atoms with Crippen LogP contribution in [0.5, 0.6) is 17.2 Å². The first-order valence-corrected chi connectivity index (χ1v) is 9.60. The van der Waals surface area contributed by atoms with E-state index in [1.165, 1.54) is 0 Å². The first-order chi connectivity index (χ1) is 13.5. The molecule has 1 aliphatic rings. The van der Waals surface area contributed by atoms with Gasteiger partial charge >= 0.3 is 0 Å². The molecular formula is C21H29N3O4. The highest BCUT2D eigenvalue weighted by atomic mass is 16.5. The zero-order valence-electron chi connectivity index (χ0n) is 17.3. The maximum Gasteiger partial charge on any atom is 0.254 e. The van der Waals surface area contributed by atoms with Gasteiger partial charge in [0.15, 0.2) is 11.5 Å². The summed E-state index contributed by atoms with van der Waals surface area (Å²) in [5, 5.41) is 0. The maximum absolute atomic E-state index is 12.5. The third-order valence-electron chi connectivity index (χ3n) is 5.14. The minimum atomic E-state index is 0.00309. The van der Waals surface area contributed by atoms with Crippen LogP contribution >= 0.6 is 0 Å². The fourth-order valence-electron chi connectivity index (χ4n) is 3.59. The topological polar surface area (TPSA) is 76.7 Å². The van der Waals surface area contributed by atoms with Gasteiger partial charge in [-0.1, -0.05) is 13.8 Å². The van der Waals surface area contributed by atoms with Crippen molar-refractivity contribution in [2.45, 2.75) is 39.2 Å². The average molecular weight is 387 g/mol. The highest BCUT2D eigenvalue weighted by molar-refractivity contribution is 5.53. The Kier molecular flexibility index (Phi) is 6.24. The van der Waals surface area contributed by atoms with Crippen LogP contribution in [0, 0.1) is 0 Å². The SMILES string of the molecule is COc1cc(CN2CCc3nc(C(C)C)[nH]c(=O)c3CC2)cc(OC)c1OC. The van der Waals surface area contributed by atoms with Crippen LogP contribution in [0.2, 0.25) is 0 Å². The van der Waals surface area contributed by atoms with E-state index in [1.807, 2.05) is 26.0 Å². The lowest BCUT2D eigenvalue weighted by Crippen LogP contribution is -2.26. The minimum absolute atomic E-state index is 0.00309. The van der Waals surface area contributed by atoms with Crippen molar-refractivity contribution < 1.29 is 14.2 Å². The molecule has 0 radical (unpaired) electrons. The van der Waals surface area contributed by atoms with Crippen LogP contribution in [-0.4, -0.2) is 49.3 Å². The largest absolute Gasteiger partial charge is 0.493 e. The Balaban J connectivity index is 1.80. The van der Waals surface area contributed by atoms with Crippen LogP contribution in [0.25, 0.3) is 0 Å². The molecule has 0 amide bonds. The van der Waals surface area contributed by atoms with Gasteiger partial charge in [-0.15, -0.1) is 0 Å². The average Bonchev–Trinajstić information content (AvgIpc) is 2.89. The molecule has 7 nitrogen and oxygen atoms in total. The van der Waals surface area contributed by atoms with E-state index >= 15 is 0 Å². The molecule has 3 rings (SSSR count).